The summed E-state index contributed by atoms with van der Waals surface area (Å²) < 4.78 is 16.2. The fourth-order valence-electron chi connectivity index (χ4n) is 5.44. The Morgan fingerprint density at radius 2 is 1.84 bits per heavy atom. The van der Waals surface area contributed by atoms with Gasteiger partial charge in [0.2, 0.25) is 0 Å². The third-order valence-electron chi connectivity index (χ3n) is 7.51. The Bertz CT molecular complexity index is 739. The number of nitrogens with zero attached hydrogens (tertiary/aromatic N) is 3. The summed E-state index contributed by atoms with van der Waals surface area (Å²) in [5, 5.41) is 0. The molecule has 4 rings (SSSR count). The zero-order valence-corrected chi connectivity index (χ0v) is 19.8. The maximum absolute atomic E-state index is 12.3. The number of pyridine rings is 1. The number of fused-ring (bicyclic) bond motifs is 1. The Balaban J connectivity index is 1.13. The van der Waals surface area contributed by atoms with Crippen molar-refractivity contribution in [3.63, 3.8) is 0 Å². The first-order chi connectivity index (χ1) is 15.7. The molecule has 0 spiro atoms. The average molecular weight is 446 g/mol. The van der Waals surface area contributed by atoms with E-state index in [1.54, 1.807) is 14.2 Å². The molecule has 1 aromatic rings. The van der Waals surface area contributed by atoms with Gasteiger partial charge < -0.3 is 19.1 Å². The molecule has 1 saturated heterocycles. The maximum Gasteiger partial charge on any atom is 0.171 e. The molecule has 0 unspecified atom stereocenters. The molecule has 0 bridgehead atoms. The molecule has 7 heteroatoms. The molecule has 3 heterocycles. The zero-order valence-electron chi connectivity index (χ0n) is 19.8. The number of carbonyl (C=O) groups is 1. The molecule has 0 radical (unpaired) electrons. The molecule has 7 nitrogen and oxygen atoms in total. The van der Waals surface area contributed by atoms with Gasteiger partial charge >= 0.3 is 0 Å². The van der Waals surface area contributed by atoms with Crippen molar-refractivity contribution in [2.45, 2.75) is 57.7 Å². The van der Waals surface area contributed by atoms with Crippen LogP contribution in [0.2, 0.25) is 0 Å². The molecule has 0 amide bonds. The van der Waals surface area contributed by atoms with E-state index in [1.807, 2.05) is 6.20 Å². The van der Waals surface area contributed by atoms with E-state index >= 15 is 0 Å². The van der Waals surface area contributed by atoms with Crippen LogP contribution in [0.3, 0.4) is 0 Å². The minimum Gasteiger partial charge on any atom is -0.489 e. The molecular formula is C25H39N3O4. The van der Waals surface area contributed by atoms with Crippen LogP contribution >= 0.6 is 0 Å². The van der Waals surface area contributed by atoms with Gasteiger partial charge in [-0.3, -0.25) is 9.69 Å². The number of carbonyl (C=O) groups excluding carboxylic acids is 1. The first kappa shape index (κ1) is 23.5. The highest BCUT2D eigenvalue weighted by atomic mass is 16.7. The summed E-state index contributed by atoms with van der Waals surface area (Å²) in [6.45, 7) is 6.19. The van der Waals surface area contributed by atoms with Gasteiger partial charge in [0.25, 0.3) is 0 Å². The third kappa shape index (κ3) is 6.00. The lowest BCUT2D eigenvalue weighted by molar-refractivity contribution is -0.138. The maximum atomic E-state index is 12.3. The summed E-state index contributed by atoms with van der Waals surface area (Å²) in [5.74, 6) is 3.66. The predicted molar refractivity (Wildman–Crippen MR) is 124 cm³/mol. The molecule has 3 aliphatic rings. The van der Waals surface area contributed by atoms with Crippen molar-refractivity contribution in [1.29, 1.82) is 0 Å². The van der Waals surface area contributed by atoms with E-state index in [2.05, 4.69) is 20.9 Å². The summed E-state index contributed by atoms with van der Waals surface area (Å²) >= 11 is 0. The molecule has 32 heavy (non-hydrogen) atoms. The van der Waals surface area contributed by atoms with E-state index in [-0.39, 0.29) is 5.78 Å². The number of hydrogen-bond acceptors (Lipinski definition) is 7. The quantitative estimate of drug-likeness (QED) is 0.512. The molecule has 1 aliphatic carbocycles. The first-order valence-corrected chi connectivity index (χ1v) is 12.3. The summed E-state index contributed by atoms with van der Waals surface area (Å²) in [7, 11) is 3.18. The van der Waals surface area contributed by atoms with Crippen molar-refractivity contribution in [2.24, 2.45) is 11.8 Å². The topological polar surface area (TPSA) is 64.1 Å². The molecule has 2 fully saturated rings. The molecule has 0 N–H and O–H groups in total. The SMILES string of the molecule is COC(CC(=O)CC1CCC(CCN2CCN(c3nccc4c3OCC4)CC2)CC1)OC. The molecule has 1 saturated carbocycles. The lowest BCUT2D eigenvalue weighted by atomic mass is 9.78. The second-order valence-electron chi connectivity index (χ2n) is 9.57. The molecule has 1 aromatic heterocycles. The van der Waals surface area contributed by atoms with Gasteiger partial charge in [-0.2, -0.15) is 0 Å². The van der Waals surface area contributed by atoms with Crippen LogP contribution in [-0.2, 0) is 20.7 Å². The lowest BCUT2D eigenvalue weighted by Gasteiger charge is -2.37. The number of Topliss-reactive ketones (excluding diaryl/α,β-unsaturated/α-hetero) is 1. The Kier molecular flexibility index (Phi) is 8.38. The molecule has 0 atom stereocenters. The Labute approximate surface area is 192 Å². The van der Waals surface area contributed by atoms with Gasteiger partial charge in [-0.15, -0.1) is 0 Å². The first-order valence-electron chi connectivity index (χ1n) is 12.3. The van der Waals surface area contributed by atoms with Crippen LogP contribution in [0, 0.1) is 11.8 Å². The second-order valence-corrected chi connectivity index (χ2v) is 9.57. The van der Waals surface area contributed by atoms with Crippen LogP contribution in [0.15, 0.2) is 12.3 Å². The number of aromatic nitrogens is 1. The third-order valence-corrected chi connectivity index (χ3v) is 7.51. The van der Waals surface area contributed by atoms with E-state index in [4.69, 9.17) is 14.2 Å². The predicted octanol–water partition coefficient (Wildman–Crippen LogP) is 3.30. The van der Waals surface area contributed by atoms with Gasteiger partial charge in [-0.1, -0.05) is 12.8 Å². The minimum atomic E-state index is -0.398. The van der Waals surface area contributed by atoms with Gasteiger partial charge in [0.05, 0.1) is 13.0 Å². The monoisotopic (exact) mass is 445 g/mol. The van der Waals surface area contributed by atoms with Crippen molar-refractivity contribution < 1.29 is 19.0 Å². The normalized spacial score (nSPS) is 23.9. The van der Waals surface area contributed by atoms with Gasteiger partial charge in [0.15, 0.2) is 17.9 Å². The highest BCUT2D eigenvalue weighted by Crippen LogP contribution is 2.35. The molecule has 2 aliphatic heterocycles. The standard InChI is InChI=1S/C25H39N3O4/c1-30-23(31-2)18-22(29)17-20-5-3-19(4-6-20)8-11-27-12-14-28(15-13-27)25-24-21(7-10-26-25)9-16-32-24/h7,10,19-20,23H,3-6,8-9,11-18H2,1-2H3. The minimum absolute atomic E-state index is 0.268. The Morgan fingerprint density at radius 1 is 1.12 bits per heavy atom. The van der Waals surface area contributed by atoms with Gasteiger partial charge in [-0.05, 0) is 43.7 Å². The number of anilines is 1. The summed E-state index contributed by atoms with van der Waals surface area (Å²) in [6, 6.07) is 2.09. The van der Waals surface area contributed by atoms with E-state index in [1.165, 1.54) is 44.2 Å². The van der Waals surface area contributed by atoms with Crippen molar-refractivity contribution >= 4 is 11.6 Å². The largest absolute Gasteiger partial charge is 0.489 e. The number of piperazine rings is 1. The number of rotatable bonds is 10. The van der Waals surface area contributed by atoms with E-state index in [0.29, 0.717) is 18.8 Å². The second kappa shape index (κ2) is 11.4. The van der Waals surface area contributed by atoms with Crippen LogP contribution in [-0.4, -0.2) is 75.5 Å². The summed E-state index contributed by atoms with van der Waals surface area (Å²) in [4.78, 5) is 21.9. The zero-order chi connectivity index (χ0) is 22.3. The van der Waals surface area contributed by atoms with Crippen molar-refractivity contribution in [2.75, 3.05) is 58.5 Å². The fourth-order valence-corrected chi connectivity index (χ4v) is 5.44. The van der Waals surface area contributed by atoms with Crippen molar-refractivity contribution in [1.82, 2.24) is 9.88 Å². The van der Waals surface area contributed by atoms with Crippen LogP contribution < -0.4 is 9.64 Å². The van der Waals surface area contributed by atoms with Gasteiger partial charge in [0.1, 0.15) is 5.78 Å². The highest BCUT2D eigenvalue weighted by Gasteiger charge is 2.27. The van der Waals surface area contributed by atoms with Gasteiger partial charge in [0, 0.05) is 65.0 Å². The van der Waals surface area contributed by atoms with Gasteiger partial charge in [-0.25, -0.2) is 4.98 Å². The molecule has 0 aromatic carbocycles. The van der Waals surface area contributed by atoms with E-state index in [9.17, 15) is 4.79 Å². The summed E-state index contributed by atoms with van der Waals surface area (Å²) in [5.41, 5.74) is 1.30. The number of ketones is 1. The van der Waals surface area contributed by atoms with Crippen LogP contribution in [0.1, 0.15) is 50.5 Å². The fraction of sp³-hybridized carbons (Fsp3) is 0.760. The average Bonchev–Trinajstić information content (AvgIpc) is 3.31. The van der Waals surface area contributed by atoms with E-state index < -0.39 is 6.29 Å². The van der Waals surface area contributed by atoms with Crippen LogP contribution in [0.25, 0.3) is 0 Å². The lowest BCUT2D eigenvalue weighted by Crippen LogP contribution is -2.47. The molecular weight excluding hydrogens is 406 g/mol. The molecule has 178 valence electrons. The van der Waals surface area contributed by atoms with Crippen LogP contribution in [0.4, 0.5) is 5.82 Å². The Morgan fingerprint density at radius 3 is 2.56 bits per heavy atom. The highest BCUT2D eigenvalue weighted by molar-refractivity contribution is 5.79. The van der Waals surface area contributed by atoms with Crippen molar-refractivity contribution in [3.05, 3.63) is 17.8 Å². The number of hydrogen-bond donors (Lipinski definition) is 0. The summed E-state index contributed by atoms with van der Waals surface area (Å²) in [6.07, 6.45) is 9.73. The number of methoxy groups -OCH3 is 2. The smallest absolute Gasteiger partial charge is 0.171 e. The Hall–Kier alpha value is -1.70. The number of ether oxygens (including phenoxy) is 3. The van der Waals surface area contributed by atoms with E-state index in [0.717, 1.165) is 56.7 Å². The van der Waals surface area contributed by atoms with Crippen LogP contribution in [0.5, 0.6) is 5.75 Å². The van der Waals surface area contributed by atoms with Crippen molar-refractivity contribution in [3.8, 4) is 5.75 Å².